The van der Waals surface area contributed by atoms with Crippen LogP contribution in [0.1, 0.15) is 11.6 Å². The predicted octanol–water partition coefficient (Wildman–Crippen LogP) is 1.56. The fourth-order valence-corrected chi connectivity index (χ4v) is 1.01. The van der Waals surface area contributed by atoms with Gasteiger partial charge in [-0.25, -0.2) is 9.67 Å². The minimum Gasteiger partial charge on any atom is -0.249 e. The van der Waals surface area contributed by atoms with Gasteiger partial charge in [-0.15, -0.1) is 24.0 Å². The smallest absolute Gasteiger partial charge is 0.147 e. The number of rotatable bonds is 2. The lowest BCUT2D eigenvalue weighted by molar-refractivity contribution is 0.635. The number of aromatic nitrogens is 3. The molecule has 0 saturated heterocycles. The van der Waals surface area contributed by atoms with E-state index < -0.39 is 0 Å². The summed E-state index contributed by atoms with van der Waals surface area (Å²) in [7, 11) is 0. The van der Waals surface area contributed by atoms with Crippen molar-refractivity contribution in [3.63, 3.8) is 0 Å². The van der Waals surface area contributed by atoms with Crippen LogP contribution in [0.5, 0.6) is 0 Å². The number of hydrogen-bond acceptors (Lipinski definition) is 2. The molecule has 3 nitrogen and oxygen atoms in total. The van der Waals surface area contributed by atoms with Crippen molar-refractivity contribution in [1.82, 2.24) is 14.8 Å². The summed E-state index contributed by atoms with van der Waals surface area (Å²) < 4.78 is 1.81. The van der Waals surface area contributed by atoms with Gasteiger partial charge in [-0.1, -0.05) is 0 Å². The van der Waals surface area contributed by atoms with Crippen LogP contribution in [0, 0.1) is 13.8 Å². The molecule has 0 saturated carbocycles. The summed E-state index contributed by atoms with van der Waals surface area (Å²) in [4.78, 5) is 4.12. The Kier molecular flexibility index (Phi) is 4.45. The van der Waals surface area contributed by atoms with Crippen LogP contribution in [-0.4, -0.2) is 20.6 Å². The zero-order chi connectivity index (χ0) is 7.56. The van der Waals surface area contributed by atoms with E-state index in [0.717, 1.165) is 18.2 Å². The Hall–Kier alpha value is -0.280. The van der Waals surface area contributed by atoms with Crippen LogP contribution in [0.15, 0.2) is 0 Å². The molecule has 0 atom stereocenters. The zero-order valence-corrected chi connectivity index (χ0v) is 8.11. The van der Waals surface area contributed by atoms with Crippen molar-refractivity contribution in [3.05, 3.63) is 11.6 Å². The van der Waals surface area contributed by atoms with Gasteiger partial charge < -0.3 is 0 Å². The lowest BCUT2D eigenvalue weighted by atomic mass is 10.6. The van der Waals surface area contributed by atoms with Crippen LogP contribution in [0.2, 0.25) is 0 Å². The minimum atomic E-state index is 0. The Balaban J connectivity index is 0.000001000. The number of hydrogen-bond donors (Lipinski definition) is 0. The van der Waals surface area contributed by atoms with Crippen LogP contribution in [0.25, 0.3) is 0 Å². The second kappa shape index (κ2) is 4.57. The third-order valence-electron chi connectivity index (χ3n) is 1.26. The van der Waals surface area contributed by atoms with Crippen LogP contribution >= 0.6 is 24.0 Å². The first kappa shape index (κ1) is 10.7. The number of nitrogens with zero attached hydrogens (tertiary/aromatic N) is 3. The van der Waals surface area contributed by atoms with Crippen molar-refractivity contribution in [3.8, 4) is 0 Å². The van der Waals surface area contributed by atoms with Gasteiger partial charge in [-0.2, -0.15) is 5.10 Å². The molecule has 0 fully saturated rings. The Morgan fingerprint density at radius 2 is 2.09 bits per heavy atom. The summed E-state index contributed by atoms with van der Waals surface area (Å²) in [5.41, 5.74) is 0. The molecule has 0 radical (unpaired) electrons. The maximum atomic E-state index is 5.53. The topological polar surface area (TPSA) is 30.7 Å². The van der Waals surface area contributed by atoms with Crippen molar-refractivity contribution in [2.75, 3.05) is 5.88 Å². The molecule has 1 rings (SSSR count). The van der Waals surface area contributed by atoms with E-state index in [-0.39, 0.29) is 12.4 Å². The second-order valence-electron chi connectivity index (χ2n) is 2.12. The quantitative estimate of drug-likeness (QED) is 0.672. The molecular weight excluding hydrogens is 185 g/mol. The van der Waals surface area contributed by atoms with Crippen molar-refractivity contribution in [2.24, 2.45) is 0 Å². The first-order valence-corrected chi connectivity index (χ1v) is 3.71. The fraction of sp³-hybridized carbons (Fsp3) is 0.667. The molecule has 0 spiro atoms. The molecule has 1 aromatic heterocycles. The van der Waals surface area contributed by atoms with E-state index in [9.17, 15) is 0 Å². The molecule has 1 heterocycles. The van der Waals surface area contributed by atoms with E-state index >= 15 is 0 Å². The molecular formula is C6H11Cl2N3. The molecule has 1 aromatic rings. The highest BCUT2D eigenvalue weighted by atomic mass is 35.5. The van der Waals surface area contributed by atoms with Crippen LogP contribution in [0.3, 0.4) is 0 Å². The van der Waals surface area contributed by atoms with Crippen LogP contribution in [-0.2, 0) is 6.54 Å². The molecule has 0 amide bonds. The molecule has 5 heteroatoms. The van der Waals surface area contributed by atoms with Gasteiger partial charge >= 0.3 is 0 Å². The van der Waals surface area contributed by atoms with E-state index in [1.165, 1.54) is 0 Å². The van der Waals surface area contributed by atoms with Crippen molar-refractivity contribution < 1.29 is 0 Å². The van der Waals surface area contributed by atoms with Gasteiger partial charge in [0.05, 0.1) is 6.54 Å². The van der Waals surface area contributed by atoms with E-state index in [0.29, 0.717) is 5.88 Å². The molecule has 0 aliphatic carbocycles. The van der Waals surface area contributed by atoms with Crippen LogP contribution < -0.4 is 0 Å². The van der Waals surface area contributed by atoms with E-state index in [1.807, 2.05) is 18.5 Å². The van der Waals surface area contributed by atoms with Crippen molar-refractivity contribution in [2.45, 2.75) is 20.4 Å². The molecule has 0 aliphatic heterocycles. The summed E-state index contributed by atoms with van der Waals surface area (Å²) in [6.45, 7) is 4.54. The van der Waals surface area contributed by atoms with Gasteiger partial charge in [-0.3, -0.25) is 0 Å². The van der Waals surface area contributed by atoms with E-state index in [2.05, 4.69) is 10.1 Å². The maximum Gasteiger partial charge on any atom is 0.147 e. The molecule has 0 N–H and O–H groups in total. The highest BCUT2D eigenvalue weighted by Gasteiger charge is 1.99. The fourth-order valence-electron chi connectivity index (χ4n) is 0.853. The first-order valence-electron chi connectivity index (χ1n) is 3.18. The number of alkyl halides is 1. The van der Waals surface area contributed by atoms with E-state index in [4.69, 9.17) is 11.6 Å². The third-order valence-corrected chi connectivity index (χ3v) is 1.43. The lowest BCUT2D eigenvalue weighted by Gasteiger charge is -1.95. The summed E-state index contributed by atoms with van der Waals surface area (Å²) in [6.07, 6.45) is 0. The molecule has 0 unspecified atom stereocenters. The number of halogens is 2. The monoisotopic (exact) mass is 195 g/mol. The van der Waals surface area contributed by atoms with Crippen LogP contribution in [0.4, 0.5) is 0 Å². The zero-order valence-electron chi connectivity index (χ0n) is 6.54. The Morgan fingerprint density at radius 1 is 1.45 bits per heavy atom. The summed E-state index contributed by atoms with van der Waals surface area (Å²) >= 11 is 5.53. The predicted molar refractivity (Wildman–Crippen MR) is 47.5 cm³/mol. The summed E-state index contributed by atoms with van der Waals surface area (Å²) in [6, 6.07) is 0. The summed E-state index contributed by atoms with van der Waals surface area (Å²) in [5.74, 6) is 2.32. The average molecular weight is 196 g/mol. The van der Waals surface area contributed by atoms with Gasteiger partial charge in [0.25, 0.3) is 0 Å². The molecule has 0 bridgehead atoms. The summed E-state index contributed by atoms with van der Waals surface area (Å²) in [5, 5.41) is 4.12. The maximum absolute atomic E-state index is 5.53. The highest BCUT2D eigenvalue weighted by Crippen LogP contribution is 1.95. The molecule has 11 heavy (non-hydrogen) atoms. The van der Waals surface area contributed by atoms with E-state index in [1.54, 1.807) is 0 Å². The standard InChI is InChI=1S/C6H10ClN3.ClH/c1-5-8-6(2)10(9-5)4-3-7;/h3-4H2,1-2H3;1H. The second-order valence-corrected chi connectivity index (χ2v) is 2.50. The normalized spacial score (nSPS) is 9.36. The lowest BCUT2D eigenvalue weighted by Crippen LogP contribution is -2.03. The minimum absolute atomic E-state index is 0. The van der Waals surface area contributed by atoms with Gasteiger partial charge in [0.15, 0.2) is 0 Å². The third kappa shape index (κ3) is 2.67. The Labute approximate surface area is 77.2 Å². The van der Waals surface area contributed by atoms with Gasteiger partial charge in [-0.05, 0) is 13.8 Å². The van der Waals surface area contributed by atoms with Crippen molar-refractivity contribution in [1.29, 1.82) is 0 Å². The first-order chi connectivity index (χ1) is 4.74. The average Bonchev–Trinajstić information content (AvgIpc) is 2.13. The van der Waals surface area contributed by atoms with Gasteiger partial charge in [0, 0.05) is 5.88 Å². The Morgan fingerprint density at radius 3 is 2.45 bits per heavy atom. The van der Waals surface area contributed by atoms with Crippen molar-refractivity contribution >= 4 is 24.0 Å². The molecule has 0 aromatic carbocycles. The SMILES string of the molecule is Cc1nc(C)n(CCCl)n1.Cl. The molecule has 64 valence electrons. The number of aryl methyl sites for hydroxylation is 3. The molecule has 0 aliphatic rings. The van der Waals surface area contributed by atoms with Gasteiger partial charge in [0.2, 0.25) is 0 Å². The highest BCUT2D eigenvalue weighted by molar-refractivity contribution is 6.17. The Bertz CT molecular complexity index is 222. The largest absolute Gasteiger partial charge is 0.249 e. The van der Waals surface area contributed by atoms with Gasteiger partial charge in [0.1, 0.15) is 11.6 Å².